The van der Waals surface area contributed by atoms with E-state index in [2.05, 4.69) is 36.7 Å². The first-order chi connectivity index (χ1) is 17.1. The van der Waals surface area contributed by atoms with E-state index < -0.39 is 0 Å². The molecule has 9 heteroatoms. The quantitative estimate of drug-likeness (QED) is 0.168. The van der Waals surface area contributed by atoms with Crippen molar-refractivity contribution in [3.63, 3.8) is 0 Å². The highest BCUT2D eigenvalue weighted by Crippen LogP contribution is 2.28. The van der Waals surface area contributed by atoms with E-state index >= 15 is 0 Å². The molecule has 3 aromatic carbocycles. The average Bonchev–Trinajstić information content (AvgIpc) is 3.32. The summed E-state index contributed by atoms with van der Waals surface area (Å²) in [7, 11) is 1.63. The van der Waals surface area contributed by atoms with Crippen molar-refractivity contribution in [3.8, 4) is 22.8 Å². The van der Waals surface area contributed by atoms with Gasteiger partial charge in [0.1, 0.15) is 5.75 Å². The van der Waals surface area contributed by atoms with E-state index in [0.29, 0.717) is 11.0 Å². The van der Waals surface area contributed by atoms with Gasteiger partial charge in [0, 0.05) is 15.7 Å². The van der Waals surface area contributed by atoms with Gasteiger partial charge in [-0.3, -0.25) is 9.36 Å². The molecule has 0 fully saturated rings. The van der Waals surface area contributed by atoms with E-state index in [4.69, 9.17) is 4.74 Å². The zero-order valence-corrected chi connectivity index (χ0v) is 21.2. The van der Waals surface area contributed by atoms with Crippen LogP contribution in [0.3, 0.4) is 0 Å². The number of rotatable bonds is 9. The van der Waals surface area contributed by atoms with Crippen LogP contribution in [0, 0.1) is 0 Å². The van der Waals surface area contributed by atoms with Crippen LogP contribution in [0.5, 0.6) is 5.75 Å². The van der Waals surface area contributed by atoms with Crippen LogP contribution in [0.25, 0.3) is 23.2 Å². The number of nitrogens with zero attached hydrogens (tertiary/aromatic N) is 4. The molecule has 0 radical (unpaired) electrons. The van der Waals surface area contributed by atoms with Crippen molar-refractivity contribution in [2.75, 3.05) is 12.9 Å². The summed E-state index contributed by atoms with van der Waals surface area (Å²) in [6.45, 7) is 0. The van der Waals surface area contributed by atoms with Crippen LogP contribution in [0.15, 0.2) is 99.7 Å². The number of benzene rings is 3. The maximum atomic E-state index is 12.4. The average molecular weight is 548 g/mol. The second-order valence-electron chi connectivity index (χ2n) is 7.23. The summed E-state index contributed by atoms with van der Waals surface area (Å²) in [4.78, 5) is 12.4. The number of hydrogen-bond donors (Lipinski definition) is 1. The molecule has 1 heterocycles. The molecule has 0 spiro atoms. The van der Waals surface area contributed by atoms with Gasteiger partial charge in [0.05, 0.1) is 19.1 Å². The number of nitrogens with one attached hydrogen (secondary N) is 1. The number of hydrazone groups is 1. The van der Waals surface area contributed by atoms with Gasteiger partial charge in [-0.05, 0) is 51.8 Å². The summed E-state index contributed by atoms with van der Waals surface area (Å²) in [5.41, 5.74) is 5.36. The SMILES string of the molecule is COc1ccc(-n2c(SCC(=O)NN=CC(Br)=Cc3ccccc3)nnc2-c2ccccc2)cc1. The third-order valence-electron chi connectivity index (χ3n) is 4.81. The molecule has 0 saturated carbocycles. The minimum atomic E-state index is -0.253. The predicted molar refractivity (Wildman–Crippen MR) is 144 cm³/mol. The molecule has 35 heavy (non-hydrogen) atoms. The highest BCUT2D eigenvalue weighted by Gasteiger charge is 2.17. The zero-order chi connectivity index (χ0) is 24.5. The van der Waals surface area contributed by atoms with Crippen LogP contribution in [0.4, 0.5) is 0 Å². The summed E-state index contributed by atoms with van der Waals surface area (Å²) in [5, 5.41) is 13.4. The summed E-state index contributed by atoms with van der Waals surface area (Å²) in [6, 6.07) is 27.2. The first-order valence-electron chi connectivity index (χ1n) is 10.7. The molecule has 4 rings (SSSR count). The lowest BCUT2D eigenvalue weighted by Crippen LogP contribution is -2.19. The number of carbonyl (C=O) groups is 1. The number of allylic oxidation sites excluding steroid dienone is 1. The third kappa shape index (κ3) is 6.68. The highest BCUT2D eigenvalue weighted by atomic mass is 79.9. The molecule has 1 aromatic heterocycles. The number of aromatic nitrogens is 3. The molecule has 0 saturated heterocycles. The number of halogens is 1. The zero-order valence-electron chi connectivity index (χ0n) is 18.8. The molecule has 0 atom stereocenters. The first kappa shape index (κ1) is 24.4. The summed E-state index contributed by atoms with van der Waals surface area (Å²) >= 11 is 4.72. The molecule has 0 aliphatic heterocycles. The fraction of sp³-hybridized carbons (Fsp3) is 0.0769. The topological polar surface area (TPSA) is 81.4 Å². The minimum Gasteiger partial charge on any atom is -0.497 e. The summed E-state index contributed by atoms with van der Waals surface area (Å²) in [5.74, 6) is 1.31. The molecule has 0 unspecified atom stereocenters. The fourth-order valence-corrected chi connectivity index (χ4v) is 4.29. The van der Waals surface area contributed by atoms with E-state index in [1.807, 2.05) is 95.6 Å². The smallest absolute Gasteiger partial charge is 0.250 e. The molecule has 1 N–H and O–H groups in total. The lowest BCUT2D eigenvalue weighted by Gasteiger charge is -2.11. The van der Waals surface area contributed by atoms with Gasteiger partial charge < -0.3 is 4.74 Å². The van der Waals surface area contributed by atoms with Crippen molar-refractivity contribution < 1.29 is 9.53 Å². The maximum absolute atomic E-state index is 12.4. The third-order valence-corrected chi connectivity index (χ3v) is 6.17. The van der Waals surface area contributed by atoms with Crippen LogP contribution >= 0.6 is 27.7 Å². The van der Waals surface area contributed by atoms with Crippen LogP contribution in [0.1, 0.15) is 5.56 Å². The van der Waals surface area contributed by atoms with Crippen LogP contribution in [-0.4, -0.2) is 39.7 Å². The number of carbonyl (C=O) groups excluding carboxylic acids is 1. The Hall–Kier alpha value is -3.69. The first-order valence-corrected chi connectivity index (χ1v) is 12.4. The number of thioether (sulfide) groups is 1. The van der Waals surface area contributed by atoms with Gasteiger partial charge in [-0.1, -0.05) is 72.4 Å². The maximum Gasteiger partial charge on any atom is 0.250 e. The number of amides is 1. The number of methoxy groups -OCH3 is 1. The van der Waals surface area contributed by atoms with Gasteiger partial charge in [-0.2, -0.15) is 5.10 Å². The van der Waals surface area contributed by atoms with Crippen LogP contribution in [-0.2, 0) is 4.79 Å². The van der Waals surface area contributed by atoms with Crippen LogP contribution in [0.2, 0.25) is 0 Å². The number of ether oxygens (including phenoxy) is 1. The monoisotopic (exact) mass is 547 g/mol. The Kier molecular flexibility index (Phi) is 8.48. The molecule has 1 amide bonds. The Balaban J connectivity index is 1.46. The van der Waals surface area contributed by atoms with Gasteiger partial charge in [0.15, 0.2) is 11.0 Å². The second kappa shape index (κ2) is 12.1. The van der Waals surface area contributed by atoms with E-state index in [9.17, 15) is 4.79 Å². The van der Waals surface area contributed by atoms with E-state index in [0.717, 1.165) is 27.0 Å². The van der Waals surface area contributed by atoms with Crippen molar-refractivity contribution in [1.82, 2.24) is 20.2 Å². The second-order valence-corrected chi connectivity index (χ2v) is 9.09. The Morgan fingerprint density at radius 3 is 2.40 bits per heavy atom. The molecular weight excluding hydrogens is 526 g/mol. The van der Waals surface area contributed by atoms with Crippen molar-refractivity contribution in [2.24, 2.45) is 5.10 Å². The Morgan fingerprint density at radius 2 is 1.71 bits per heavy atom. The fourth-order valence-electron chi connectivity index (χ4n) is 3.18. The van der Waals surface area contributed by atoms with Gasteiger partial charge in [0.25, 0.3) is 5.91 Å². The number of hydrogen-bond acceptors (Lipinski definition) is 6. The molecule has 0 aliphatic carbocycles. The van der Waals surface area contributed by atoms with Crippen LogP contribution < -0.4 is 10.2 Å². The molecule has 7 nitrogen and oxygen atoms in total. The minimum absolute atomic E-state index is 0.125. The van der Waals surface area contributed by atoms with Crippen molar-refractivity contribution in [2.45, 2.75) is 5.16 Å². The Morgan fingerprint density at radius 1 is 1.03 bits per heavy atom. The van der Waals surface area contributed by atoms with Gasteiger partial charge in [0.2, 0.25) is 0 Å². The highest BCUT2D eigenvalue weighted by molar-refractivity contribution is 9.12. The normalized spacial score (nSPS) is 11.5. The predicted octanol–water partition coefficient (Wildman–Crippen LogP) is 5.57. The van der Waals surface area contributed by atoms with Gasteiger partial charge in [-0.15, -0.1) is 10.2 Å². The lowest BCUT2D eigenvalue weighted by atomic mass is 10.2. The van der Waals surface area contributed by atoms with E-state index in [-0.39, 0.29) is 11.7 Å². The van der Waals surface area contributed by atoms with Crippen molar-refractivity contribution in [1.29, 1.82) is 0 Å². The summed E-state index contributed by atoms with van der Waals surface area (Å²) < 4.78 is 7.94. The van der Waals surface area contributed by atoms with Gasteiger partial charge >= 0.3 is 0 Å². The van der Waals surface area contributed by atoms with Crippen molar-refractivity contribution >= 4 is 45.9 Å². The van der Waals surface area contributed by atoms with E-state index in [1.54, 1.807) is 13.3 Å². The molecule has 4 aromatic rings. The largest absolute Gasteiger partial charge is 0.497 e. The molecule has 0 aliphatic rings. The molecular formula is C26H22BrN5O2S. The van der Waals surface area contributed by atoms with Crippen molar-refractivity contribution in [3.05, 3.63) is 95.0 Å². The Labute approximate surface area is 216 Å². The lowest BCUT2D eigenvalue weighted by molar-refractivity contribution is -0.118. The summed E-state index contributed by atoms with van der Waals surface area (Å²) in [6.07, 6.45) is 3.45. The Bertz CT molecular complexity index is 1320. The standard InChI is InChI=1S/C26H22BrN5O2S/c1-34-23-14-12-22(13-15-23)32-25(20-10-6-3-7-11-20)30-31-26(32)35-18-24(33)29-28-17-21(27)16-19-8-4-2-5-9-19/h2-17H,18H2,1H3,(H,29,33). The molecule has 0 bridgehead atoms. The van der Waals surface area contributed by atoms with E-state index in [1.165, 1.54) is 11.8 Å². The van der Waals surface area contributed by atoms with Gasteiger partial charge in [-0.25, -0.2) is 5.43 Å². The molecule has 176 valence electrons.